The van der Waals surface area contributed by atoms with E-state index in [4.69, 9.17) is 9.47 Å². The van der Waals surface area contributed by atoms with Crippen molar-refractivity contribution in [2.45, 2.75) is 19.4 Å². The van der Waals surface area contributed by atoms with E-state index >= 15 is 0 Å². The molecule has 0 spiro atoms. The number of ether oxygens (including phenoxy) is 2. The van der Waals surface area contributed by atoms with Crippen LogP contribution in [0, 0.1) is 5.92 Å². The van der Waals surface area contributed by atoms with E-state index in [-0.39, 0.29) is 23.8 Å². The van der Waals surface area contributed by atoms with Crippen molar-refractivity contribution in [3.63, 3.8) is 0 Å². The molecule has 2 fully saturated rings. The first-order valence-corrected chi connectivity index (χ1v) is 7.98. The highest BCUT2D eigenvalue weighted by Crippen LogP contribution is 2.29. The maximum Gasteiger partial charge on any atom is 0.228 e. The monoisotopic (exact) mass is 318 g/mol. The summed E-state index contributed by atoms with van der Waals surface area (Å²) in [6.45, 7) is 4.28. The summed E-state index contributed by atoms with van der Waals surface area (Å²) in [6, 6.07) is 7.49. The SMILES string of the molecule is CCN1CC(C(=O)N2CC(Oc3ccccc3OC)C2)CC1=O. The minimum atomic E-state index is -0.199. The molecule has 1 unspecified atom stereocenters. The van der Waals surface area contributed by atoms with Gasteiger partial charge in [0, 0.05) is 19.5 Å². The van der Waals surface area contributed by atoms with Gasteiger partial charge in [0.2, 0.25) is 11.8 Å². The van der Waals surface area contributed by atoms with E-state index in [0.29, 0.717) is 44.1 Å². The van der Waals surface area contributed by atoms with Crippen molar-refractivity contribution in [3.05, 3.63) is 24.3 Å². The van der Waals surface area contributed by atoms with Crippen molar-refractivity contribution < 1.29 is 19.1 Å². The number of amides is 2. The van der Waals surface area contributed by atoms with Gasteiger partial charge in [0.25, 0.3) is 0 Å². The molecule has 6 heteroatoms. The summed E-state index contributed by atoms with van der Waals surface area (Å²) in [5.41, 5.74) is 0. The van der Waals surface area contributed by atoms with Crippen molar-refractivity contribution in [3.8, 4) is 11.5 Å². The molecule has 0 bridgehead atoms. The molecule has 1 aromatic carbocycles. The van der Waals surface area contributed by atoms with Gasteiger partial charge in [-0.2, -0.15) is 0 Å². The highest BCUT2D eigenvalue weighted by atomic mass is 16.5. The number of carbonyl (C=O) groups is 2. The standard InChI is InChI=1S/C17H22N2O4/c1-3-18-9-12(8-16(18)20)17(21)19-10-13(11-19)23-15-7-5-4-6-14(15)22-2/h4-7,12-13H,3,8-11H2,1-2H3. The van der Waals surface area contributed by atoms with Gasteiger partial charge in [-0.15, -0.1) is 0 Å². The van der Waals surface area contributed by atoms with Gasteiger partial charge in [-0.05, 0) is 19.1 Å². The first kappa shape index (κ1) is 15.6. The largest absolute Gasteiger partial charge is 0.493 e. The fourth-order valence-electron chi connectivity index (χ4n) is 3.09. The molecule has 0 aliphatic carbocycles. The van der Waals surface area contributed by atoms with E-state index in [1.54, 1.807) is 16.9 Å². The number of likely N-dealkylation sites (tertiary alicyclic amines) is 2. The predicted octanol–water partition coefficient (Wildman–Crippen LogP) is 1.15. The second-order valence-corrected chi connectivity index (χ2v) is 5.97. The van der Waals surface area contributed by atoms with Crippen LogP contribution >= 0.6 is 0 Å². The van der Waals surface area contributed by atoms with Crippen LogP contribution in [0.15, 0.2) is 24.3 Å². The van der Waals surface area contributed by atoms with Crippen molar-refractivity contribution in [1.82, 2.24) is 9.80 Å². The number of nitrogens with zero attached hydrogens (tertiary/aromatic N) is 2. The quantitative estimate of drug-likeness (QED) is 0.817. The number of para-hydroxylation sites is 2. The van der Waals surface area contributed by atoms with Crippen LogP contribution in [0.1, 0.15) is 13.3 Å². The van der Waals surface area contributed by atoms with E-state index in [2.05, 4.69) is 0 Å². The van der Waals surface area contributed by atoms with E-state index in [1.165, 1.54) is 0 Å². The Morgan fingerprint density at radius 2 is 1.91 bits per heavy atom. The maximum atomic E-state index is 12.4. The van der Waals surface area contributed by atoms with E-state index in [9.17, 15) is 9.59 Å². The Kier molecular flexibility index (Phi) is 4.41. The number of hydrogen-bond donors (Lipinski definition) is 0. The molecule has 0 N–H and O–H groups in total. The molecule has 1 atom stereocenters. The molecule has 2 aliphatic rings. The van der Waals surface area contributed by atoms with Gasteiger partial charge in [0.05, 0.1) is 26.1 Å². The molecule has 2 saturated heterocycles. The summed E-state index contributed by atoms with van der Waals surface area (Å²) in [7, 11) is 1.61. The second-order valence-electron chi connectivity index (χ2n) is 5.97. The van der Waals surface area contributed by atoms with Crippen LogP contribution in [0.25, 0.3) is 0 Å². The third-order valence-corrected chi connectivity index (χ3v) is 4.47. The molecule has 2 heterocycles. The smallest absolute Gasteiger partial charge is 0.228 e. The summed E-state index contributed by atoms with van der Waals surface area (Å²) in [5.74, 6) is 1.33. The lowest BCUT2D eigenvalue weighted by molar-refractivity contribution is -0.144. The topological polar surface area (TPSA) is 59.1 Å². The molecule has 0 aromatic heterocycles. The predicted molar refractivity (Wildman–Crippen MR) is 84.4 cm³/mol. The van der Waals surface area contributed by atoms with Gasteiger partial charge in [0.1, 0.15) is 6.10 Å². The first-order valence-electron chi connectivity index (χ1n) is 7.98. The Balaban J connectivity index is 1.51. The van der Waals surface area contributed by atoms with Crippen LogP contribution in [-0.4, -0.2) is 61.0 Å². The van der Waals surface area contributed by atoms with Crippen LogP contribution in [0.4, 0.5) is 0 Å². The average Bonchev–Trinajstić information content (AvgIpc) is 2.91. The number of methoxy groups -OCH3 is 1. The second kappa shape index (κ2) is 6.48. The van der Waals surface area contributed by atoms with Crippen LogP contribution in [0.3, 0.4) is 0 Å². The molecule has 124 valence electrons. The molecule has 1 aromatic rings. The Morgan fingerprint density at radius 3 is 2.52 bits per heavy atom. The summed E-state index contributed by atoms with van der Waals surface area (Å²) >= 11 is 0. The Bertz CT molecular complexity index is 598. The van der Waals surface area contributed by atoms with Crippen molar-refractivity contribution in [2.24, 2.45) is 5.92 Å². The number of benzene rings is 1. The lowest BCUT2D eigenvalue weighted by Crippen LogP contribution is -2.57. The molecular formula is C17H22N2O4. The number of carbonyl (C=O) groups excluding carboxylic acids is 2. The van der Waals surface area contributed by atoms with E-state index in [0.717, 1.165) is 0 Å². The minimum Gasteiger partial charge on any atom is -0.493 e. The van der Waals surface area contributed by atoms with Gasteiger partial charge in [-0.1, -0.05) is 12.1 Å². The zero-order valence-electron chi connectivity index (χ0n) is 13.5. The van der Waals surface area contributed by atoms with E-state index < -0.39 is 0 Å². The molecule has 23 heavy (non-hydrogen) atoms. The fourth-order valence-corrected chi connectivity index (χ4v) is 3.09. The average molecular weight is 318 g/mol. The van der Waals surface area contributed by atoms with Gasteiger partial charge in [0.15, 0.2) is 11.5 Å². The molecular weight excluding hydrogens is 296 g/mol. The van der Waals surface area contributed by atoms with Crippen molar-refractivity contribution in [2.75, 3.05) is 33.3 Å². The zero-order chi connectivity index (χ0) is 16.4. The van der Waals surface area contributed by atoms with Crippen molar-refractivity contribution >= 4 is 11.8 Å². The Hall–Kier alpha value is -2.24. The van der Waals surface area contributed by atoms with Crippen LogP contribution in [0.2, 0.25) is 0 Å². The van der Waals surface area contributed by atoms with Gasteiger partial charge < -0.3 is 19.3 Å². The lowest BCUT2D eigenvalue weighted by Gasteiger charge is -2.40. The summed E-state index contributed by atoms with van der Waals surface area (Å²) in [5, 5.41) is 0. The highest BCUT2D eigenvalue weighted by molar-refractivity contribution is 5.89. The summed E-state index contributed by atoms with van der Waals surface area (Å²) in [6.07, 6.45) is 0.316. The van der Waals surface area contributed by atoms with Gasteiger partial charge in [-0.25, -0.2) is 0 Å². The van der Waals surface area contributed by atoms with Crippen LogP contribution < -0.4 is 9.47 Å². The molecule has 0 saturated carbocycles. The van der Waals surface area contributed by atoms with Gasteiger partial charge >= 0.3 is 0 Å². The molecule has 2 amide bonds. The normalized spacial score (nSPS) is 21.3. The third kappa shape index (κ3) is 3.11. The molecule has 3 rings (SSSR count). The van der Waals surface area contributed by atoms with Crippen molar-refractivity contribution in [1.29, 1.82) is 0 Å². The first-order chi connectivity index (χ1) is 11.1. The Labute approximate surface area is 136 Å². The molecule has 0 radical (unpaired) electrons. The molecule has 6 nitrogen and oxygen atoms in total. The summed E-state index contributed by atoms with van der Waals surface area (Å²) in [4.78, 5) is 27.7. The number of hydrogen-bond acceptors (Lipinski definition) is 4. The van der Waals surface area contributed by atoms with Gasteiger partial charge in [-0.3, -0.25) is 9.59 Å². The fraction of sp³-hybridized carbons (Fsp3) is 0.529. The Morgan fingerprint density at radius 1 is 1.22 bits per heavy atom. The molecule has 2 aliphatic heterocycles. The lowest BCUT2D eigenvalue weighted by atomic mass is 10.0. The van der Waals surface area contributed by atoms with Crippen LogP contribution in [-0.2, 0) is 9.59 Å². The minimum absolute atomic E-state index is 0.0189. The maximum absolute atomic E-state index is 12.4. The summed E-state index contributed by atoms with van der Waals surface area (Å²) < 4.78 is 11.1. The zero-order valence-corrected chi connectivity index (χ0v) is 13.5. The highest BCUT2D eigenvalue weighted by Gasteiger charge is 2.40. The third-order valence-electron chi connectivity index (χ3n) is 4.47. The van der Waals surface area contributed by atoms with Crippen LogP contribution in [0.5, 0.6) is 11.5 Å². The van der Waals surface area contributed by atoms with E-state index in [1.807, 2.05) is 31.2 Å². The number of rotatable bonds is 5.